The van der Waals surface area contributed by atoms with Gasteiger partial charge in [0, 0.05) is 6.42 Å². The molecule has 4 N–H and O–H groups in total. The van der Waals surface area contributed by atoms with Crippen LogP contribution in [0.1, 0.15) is 239 Å². The summed E-state index contributed by atoms with van der Waals surface area (Å²) in [5.41, 5.74) is 0. The van der Waals surface area contributed by atoms with Crippen molar-refractivity contribution in [2.75, 3.05) is 6.61 Å². The van der Waals surface area contributed by atoms with Crippen LogP contribution in [0.15, 0.2) is 60.7 Å². The summed E-state index contributed by atoms with van der Waals surface area (Å²) in [5.74, 6) is -1.93. The number of rotatable bonds is 46. The topological polar surface area (TPSA) is 196 Å². The summed E-state index contributed by atoms with van der Waals surface area (Å²) in [7, 11) is -4.80. The van der Waals surface area contributed by atoms with Crippen LogP contribution in [-0.2, 0) is 37.7 Å². The van der Waals surface area contributed by atoms with Crippen LogP contribution >= 0.6 is 7.82 Å². The number of phosphoric acid groups is 1. The maximum Gasteiger partial charge on any atom is 0.588 e. The smallest absolute Gasteiger partial charge is 0.457 e. The fraction of sp³-hybridized carbons (Fsp3) is 0.750. The normalized spacial score (nSPS) is 18.5. The van der Waals surface area contributed by atoms with Crippen molar-refractivity contribution in [2.24, 2.45) is 0 Å². The van der Waals surface area contributed by atoms with Crippen molar-refractivity contribution in [1.29, 1.82) is 0 Å². The number of benzene rings is 2. The summed E-state index contributed by atoms with van der Waals surface area (Å²) in [4.78, 5) is 41.8. The van der Waals surface area contributed by atoms with Crippen LogP contribution in [0.2, 0.25) is 0 Å². The van der Waals surface area contributed by atoms with Crippen molar-refractivity contribution < 1.29 is 62.1 Å². The van der Waals surface area contributed by atoms with E-state index in [-0.39, 0.29) is 24.3 Å². The number of phosphoric ester groups is 1. The van der Waals surface area contributed by atoms with Crippen LogP contribution in [0.4, 0.5) is 0 Å². The molecule has 0 bridgehead atoms. The largest absolute Gasteiger partial charge is 0.588 e. The Morgan fingerprint density at radius 2 is 0.907 bits per heavy atom. The fourth-order valence-electron chi connectivity index (χ4n) is 9.56. The molecule has 2 aromatic carbocycles. The number of carbonyl (C=O) groups excluding carboxylic acids is 3. The van der Waals surface area contributed by atoms with E-state index in [9.17, 15) is 34.3 Å². The number of aliphatic hydroxyl groups excluding tert-OH is 3. The lowest BCUT2D eigenvalue weighted by atomic mass is 9.96. The van der Waals surface area contributed by atoms with Gasteiger partial charge in [-0.05, 0) is 43.5 Å². The van der Waals surface area contributed by atoms with Crippen LogP contribution in [0.5, 0.6) is 11.5 Å². The third-order valence-electron chi connectivity index (χ3n) is 13.9. The molecular formula is C60H100NO13P. The first-order valence-electron chi connectivity index (χ1n) is 29.6. The molecule has 2 aromatic rings. The van der Waals surface area contributed by atoms with Crippen LogP contribution in [0, 0.1) is 0 Å². The molecule has 1 saturated heterocycles. The average molecular weight is 1070 g/mol. The maximum atomic E-state index is 15.0. The number of esters is 2. The fourth-order valence-corrected chi connectivity index (χ4v) is 11.0. The average Bonchev–Trinajstić information content (AvgIpc) is 3.39. The molecule has 0 unspecified atom stereocenters. The van der Waals surface area contributed by atoms with Gasteiger partial charge in [-0.15, -0.1) is 0 Å². The highest BCUT2D eigenvalue weighted by Crippen LogP contribution is 2.52. The van der Waals surface area contributed by atoms with E-state index >= 15 is 0 Å². The van der Waals surface area contributed by atoms with Gasteiger partial charge in [0.2, 0.25) is 12.2 Å². The van der Waals surface area contributed by atoms with E-state index in [4.69, 9.17) is 27.8 Å². The van der Waals surface area contributed by atoms with Crippen LogP contribution in [0.3, 0.4) is 0 Å². The summed E-state index contributed by atoms with van der Waals surface area (Å²) < 4.78 is 51.5. The standard InChI is InChI=1S/C60H100NO13P/c1-4-7-10-13-16-19-20-23-26-29-38-45-54(65)61-57-59(70-55(66)46-49(63)39-32-27-24-21-17-14-11-8-5-2)58(74-75(68,72-51-41-34-30-35-42-51)73-52-43-36-31-37-44-52)53(48-62)69-60(57)71-56(67)47-50(64)40-33-28-25-22-18-15-12-9-6-3/h30-31,34-37,41-44,49-50,53,57-60,62-64H,4-29,32-33,38-40,45-48H2,1-3H3,(H,61,65)/t49-,50-,53-,57-,58-,59-,60-/m1/s1. The Kier molecular flexibility index (Phi) is 36.4. The lowest BCUT2D eigenvalue weighted by molar-refractivity contribution is -0.265. The summed E-state index contributed by atoms with van der Waals surface area (Å²) >= 11 is 0. The number of hydrogen-bond acceptors (Lipinski definition) is 13. The van der Waals surface area contributed by atoms with Crippen molar-refractivity contribution in [1.82, 2.24) is 5.32 Å². The van der Waals surface area contributed by atoms with Crippen LogP contribution in [-0.4, -0.2) is 82.6 Å². The molecule has 14 nitrogen and oxygen atoms in total. The van der Waals surface area contributed by atoms with Crippen molar-refractivity contribution in [3.63, 3.8) is 0 Å². The summed E-state index contributed by atoms with van der Waals surface area (Å²) in [5, 5.41) is 36.0. The predicted molar refractivity (Wildman–Crippen MR) is 296 cm³/mol. The number of hydrogen-bond donors (Lipinski definition) is 4. The van der Waals surface area contributed by atoms with E-state index in [1.54, 1.807) is 60.7 Å². The molecule has 1 heterocycles. The molecule has 0 aromatic heterocycles. The highest BCUT2D eigenvalue weighted by Gasteiger charge is 2.54. The Morgan fingerprint density at radius 3 is 1.31 bits per heavy atom. The molecular weight excluding hydrogens is 974 g/mol. The second-order valence-corrected chi connectivity index (χ2v) is 22.3. The molecule has 428 valence electrons. The Morgan fingerprint density at radius 1 is 0.533 bits per heavy atom. The Labute approximate surface area is 452 Å². The molecule has 1 aliphatic heterocycles. The zero-order chi connectivity index (χ0) is 54.2. The molecule has 0 spiro atoms. The number of amides is 1. The zero-order valence-corrected chi connectivity index (χ0v) is 47.3. The third kappa shape index (κ3) is 30.3. The Balaban J connectivity index is 1.87. The Hall–Kier alpha value is -3.52. The van der Waals surface area contributed by atoms with Crippen molar-refractivity contribution >= 4 is 25.7 Å². The second kappa shape index (κ2) is 41.6. The predicted octanol–water partition coefficient (Wildman–Crippen LogP) is 14.3. The second-order valence-electron chi connectivity index (χ2n) is 20.8. The molecule has 1 fully saturated rings. The number of aliphatic hydroxyl groups is 3. The summed E-state index contributed by atoms with van der Waals surface area (Å²) in [6.07, 6.45) is 23.2. The minimum Gasteiger partial charge on any atom is -0.457 e. The van der Waals surface area contributed by atoms with E-state index in [1.807, 2.05) is 0 Å². The molecule has 75 heavy (non-hydrogen) atoms. The van der Waals surface area contributed by atoms with Gasteiger partial charge in [0.15, 0.2) is 6.10 Å². The molecule has 1 amide bonds. The minimum atomic E-state index is -4.80. The quantitative estimate of drug-likeness (QED) is 0.0278. The molecule has 15 heteroatoms. The third-order valence-corrected chi connectivity index (χ3v) is 15.3. The molecule has 0 saturated carbocycles. The molecule has 1 aliphatic rings. The van der Waals surface area contributed by atoms with Gasteiger partial charge in [-0.2, -0.15) is 0 Å². The zero-order valence-electron chi connectivity index (χ0n) is 46.4. The highest BCUT2D eigenvalue weighted by molar-refractivity contribution is 7.49. The summed E-state index contributed by atoms with van der Waals surface area (Å²) in [6, 6.07) is 14.9. The van der Waals surface area contributed by atoms with Gasteiger partial charge in [0.05, 0.1) is 31.7 Å². The van der Waals surface area contributed by atoms with Crippen molar-refractivity contribution in [3.05, 3.63) is 60.7 Å². The first kappa shape index (κ1) is 65.8. The molecule has 0 aliphatic carbocycles. The minimum absolute atomic E-state index is 0.0887. The highest BCUT2D eigenvalue weighted by atomic mass is 31.2. The molecule has 7 atom stereocenters. The summed E-state index contributed by atoms with van der Waals surface area (Å²) in [6.45, 7) is 5.80. The van der Waals surface area contributed by atoms with Crippen molar-refractivity contribution in [3.8, 4) is 11.5 Å². The SMILES string of the molecule is CCCCCCCCCCCCCC(=O)N[C@H]1[C@@H](OC(=O)C[C@H](O)CCCCCCCCCCC)O[C@H](CO)[C@@H](OP(=O)(Oc2ccccc2)Oc2ccccc2)[C@@H]1OC(=O)C[C@H](O)CCCCCCCCCCC. The Bertz CT molecular complexity index is 1740. The van der Waals surface area contributed by atoms with E-state index in [2.05, 4.69) is 26.1 Å². The van der Waals surface area contributed by atoms with Gasteiger partial charge in [-0.1, -0.05) is 237 Å². The maximum absolute atomic E-state index is 15.0. The number of nitrogens with one attached hydrogen (secondary N) is 1. The monoisotopic (exact) mass is 1070 g/mol. The lowest BCUT2D eigenvalue weighted by Crippen LogP contribution is -2.66. The van der Waals surface area contributed by atoms with Gasteiger partial charge in [-0.25, -0.2) is 4.57 Å². The van der Waals surface area contributed by atoms with Crippen molar-refractivity contribution in [2.45, 2.75) is 282 Å². The first-order valence-corrected chi connectivity index (χ1v) is 31.0. The lowest BCUT2D eigenvalue weighted by Gasteiger charge is -2.45. The van der Waals surface area contributed by atoms with E-state index in [0.29, 0.717) is 25.7 Å². The van der Waals surface area contributed by atoms with Gasteiger partial charge in [0.1, 0.15) is 29.7 Å². The number of carbonyl (C=O) groups is 3. The van der Waals surface area contributed by atoms with Gasteiger partial charge in [-0.3, -0.25) is 18.9 Å². The van der Waals surface area contributed by atoms with Gasteiger partial charge < -0.3 is 43.9 Å². The molecule has 3 rings (SSSR count). The van der Waals surface area contributed by atoms with E-state index < -0.39 is 81.5 Å². The van der Waals surface area contributed by atoms with Gasteiger partial charge in [0.25, 0.3) is 0 Å². The van der Waals surface area contributed by atoms with E-state index in [1.165, 1.54) is 103 Å². The number of ether oxygens (including phenoxy) is 3. The molecule has 0 radical (unpaired) electrons. The number of para-hydroxylation sites is 2. The van der Waals surface area contributed by atoms with E-state index in [0.717, 1.165) is 70.6 Å². The van der Waals surface area contributed by atoms with Gasteiger partial charge >= 0.3 is 19.8 Å². The first-order chi connectivity index (χ1) is 36.5. The van der Waals surface area contributed by atoms with Crippen LogP contribution in [0.25, 0.3) is 0 Å². The number of unbranched alkanes of at least 4 members (excludes halogenated alkanes) is 26. The van der Waals surface area contributed by atoms with Crippen LogP contribution < -0.4 is 14.4 Å².